The van der Waals surface area contributed by atoms with Crippen molar-refractivity contribution in [3.63, 3.8) is 0 Å². The molecule has 3 aromatic rings. The van der Waals surface area contributed by atoms with Crippen LogP contribution in [0.5, 0.6) is 0 Å². The molecule has 28 heavy (non-hydrogen) atoms. The van der Waals surface area contributed by atoms with Crippen molar-refractivity contribution in [1.82, 2.24) is 19.4 Å². The number of fused-ring (bicyclic) bond motifs is 1. The summed E-state index contributed by atoms with van der Waals surface area (Å²) in [6.07, 6.45) is 9.84. The highest BCUT2D eigenvalue weighted by molar-refractivity contribution is 5.98. The SMILES string of the molecule is Cc1cnc(CC2CCN(C(=O)c3ccc4[nH]ccc4c3)CC2)n1CC1CC1. The van der Waals surface area contributed by atoms with Gasteiger partial charge in [0.2, 0.25) is 0 Å². The molecule has 5 nitrogen and oxygen atoms in total. The van der Waals surface area contributed by atoms with Crippen LogP contribution in [0.1, 0.15) is 47.6 Å². The fourth-order valence-electron chi connectivity index (χ4n) is 4.45. The third-order valence-corrected chi connectivity index (χ3v) is 6.45. The summed E-state index contributed by atoms with van der Waals surface area (Å²) in [7, 11) is 0. The monoisotopic (exact) mass is 376 g/mol. The lowest BCUT2D eigenvalue weighted by Gasteiger charge is -2.32. The van der Waals surface area contributed by atoms with Gasteiger partial charge in [-0.25, -0.2) is 4.98 Å². The fraction of sp³-hybridized carbons (Fsp3) is 0.478. The van der Waals surface area contributed by atoms with Gasteiger partial charge in [0.05, 0.1) is 0 Å². The number of nitrogens with zero attached hydrogens (tertiary/aromatic N) is 3. The number of carbonyl (C=O) groups excluding carboxylic acids is 1. The molecule has 1 aliphatic carbocycles. The summed E-state index contributed by atoms with van der Waals surface area (Å²) in [6, 6.07) is 7.95. The number of rotatable bonds is 5. The quantitative estimate of drug-likeness (QED) is 0.726. The van der Waals surface area contributed by atoms with E-state index in [-0.39, 0.29) is 5.91 Å². The van der Waals surface area contributed by atoms with E-state index in [4.69, 9.17) is 4.98 Å². The second kappa shape index (κ2) is 7.12. The lowest BCUT2D eigenvalue weighted by Crippen LogP contribution is -2.39. The Hall–Kier alpha value is -2.56. The van der Waals surface area contributed by atoms with Gasteiger partial charge in [-0.1, -0.05) is 0 Å². The van der Waals surface area contributed by atoms with E-state index in [2.05, 4.69) is 16.5 Å². The van der Waals surface area contributed by atoms with Crippen LogP contribution in [-0.4, -0.2) is 38.4 Å². The standard InChI is InChI=1S/C23H28N4O/c1-16-14-25-22(27(16)15-18-2-3-18)12-17-7-10-26(11-8-17)23(28)20-4-5-21-19(13-20)6-9-24-21/h4-6,9,13-14,17-18,24H,2-3,7-8,10-12,15H2,1H3. The van der Waals surface area contributed by atoms with Crippen LogP contribution in [0.4, 0.5) is 0 Å². The number of nitrogens with one attached hydrogen (secondary N) is 1. The number of likely N-dealkylation sites (tertiary alicyclic amines) is 1. The molecule has 1 aliphatic heterocycles. The zero-order chi connectivity index (χ0) is 19.1. The van der Waals surface area contributed by atoms with Crippen LogP contribution in [0.2, 0.25) is 0 Å². The molecule has 146 valence electrons. The minimum atomic E-state index is 0.160. The van der Waals surface area contributed by atoms with Gasteiger partial charge in [0.25, 0.3) is 5.91 Å². The van der Waals surface area contributed by atoms with Crippen molar-refractivity contribution < 1.29 is 4.79 Å². The van der Waals surface area contributed by atoms with E-state index in [1.807, 2.05) is 41.6 Å². The van der Waals surface area contributed by atoms with E-state index in [0.29, 0.717) is 5.92 Å². The molecule has 1 aromatic carbocycles. The largest absolute Gasteiger partial charge is 0.361 e. The molecule has 2 aliphatic rings. The highest BCUT2D eigenvalue weighted by atomic mass is 16.2. The molecular formula is C23H28N4O. The number of aromatic nitrogens is 3. The van der Waals surface area contributed by atoms with Crippen molar-refractivity contribution >= 4 is 16.8 Å². The Balaban J connectivity index is 1.21. The van der Waals surface area contributed by atoms with Crippen molar-refractivity contribution in [3.05, 3.63) is 53.7 Å². The number of H-pyrrole nitrogens is 1. The van der Waals surface area contributed by atoms with Gasteiger partial charge >= 0.3 is 0 Å². The number of hydrogen-bond acceptors (Lipinski definition) is 2. The first-order chi connectivity index (χ1) is 13.7. The topological polar surface area (TPSA) is 53.9 Å². The van der Waals surface area contributed by atoms with E-state index >= 15 is 0 Å². The molecule has 5 heteroatoms. The molecule has 1 N–H and O–H groups in total. The molecule has 2 aromatic heterocycles. The van der Waals surface area contributed by atoms with Gasteiger partial charge in [-0.2, -0.15) is 0 Å². The van der Waals surface area contributed by atoms with Crippen LogP contribution in [0.25, 0.3) is 10.9 Å². The summed E-state index contributed by atoms with van der Waals surface area (Å²) in [5.74, 6) is 2.89. The number of aromatic amines is 1. The predicted octanol–water partition coefficient (Wildman–Crippen LogP) is 4.18. The Morgan fingerprint density at radius 3 is 2.75 bits per heavy atom. The van der Waals surface area contributed by atoms with Crippen molar-refractivity contribution in [2.24, 2.45) is 11.8 Å². The summed E-state index contributed by atoms with van der Waals surface area (Å²) < 4.78 is 2.43. The summed E-state index contributed by atoms with van der Waals surface area (Å²) in [6.45, 7) is 5.00. The van der Waals surface area contributed by atoms with Crippen LogP contribution in [0.15, 0.2) is 36.7 Å². The minimum Gasteiger partial charge on any atom is -0.361 e. The van der Waals surface area contributed by atoms with Crippen molar-refractivity contribution in [3.8, 4) is 0 Å². The fourth-order valence-corrected chi connectivity index (χ4v) is 4.45. The maximum absolute atomic E-state index is 12.9. The first-order valence-electron chi connectivity index (χ1n) is 10.5. The second-order valence-electron chi connectivity index (χ2n) is 8.59. The second-order valence-corrected chi connectivity index (χ2v) is 8.59. The molecule has 0 spiro atoms. The molecule has 1 saturated heterocycles. The van der Waals surface area contributed by atoms with E-state index in [1.54, 1.807) is 0 Å². The van der Waals surface area contributed by atoms with Gasteiger partial charge in [-0.15, -0.1) is 0 Å². The van der Waals surface area contributed by atoms with Gasteiger partial charge < -0.3 is 14.5 Å². The number of hydrogen-bond donors (Lipinski definition) is 1. The van der Waals surface area contributed by atoms with Crippen LogP contribution in [0.3, 0.4) is 0 Å². The Labute approximate surface area is 165 Å². The molecule has 0 atom stereocenters. The molecule has 0 radical (unpaired) electrons. The summed E-state index contributed by atoms with van der Waals surface area (Å²) >= 11 is 0. The lowest BCUT2D eigenvalue weighted by atomic mass is 9.92. The number of amides is 1. The van der Waals surface area contributed by atoms with Gasteiger partial charge in [0, 0.05) is 60.6 Å². The highest BCUT2D eigenvalue weighted by Gasteiger charge is 2.27. The Kier molecular flexibility index (Phi) is 4.46. The molecular weight excluding hydrogens is 348 g/mol. The normalized spacial score (nSPS) is 18.1. The number of aryl methyl sites for hydroxylation is 1. The summed E-state index contributed by atoms with van der Waals surface area (Å²) in [5, 5.41) is 1.10. The molecule has 1 amide bonds. The first-order valence-corrected chi connectivity index (χ1v) is 10.5. The Morgan fingerprint density at radius 2 is 1.96 bits per heavy atom. The average molecular weight is 377 g/mol. The van der Waals surface area contributed by atoms with E-state index in [0.717, 1.165) is 61.3 Å². The number of benzene rings is 1. The van der Waals surface area contributed by atoms with Crippen LogP contribution < -0.4 is 0 Å². The maximum Gasteiger partial charge on any atom is 0.253 e. The molecule has 0 unspecified atom stereocenters. The zero-order valence-corrected chi connectivity index (χ0v) is 16.5. The summed E-state index contributed by atoms with van der Waals surface area (Å²) in [4.78, 5) is 22.8. The highest BCUT2D eigenvalue weighted by Crippen LogP contribution is 2.32. The van der Waals surface area contributed by atoms with Gasteiger partial charge in [-0.3, -0.25) is 4.79 Å². The van der Waals surface area contributed by atoms with Crippen molar-refractivity contribution in [1.29, 1.82) is 0 Å². The van der Waals surface area contributed by atoms with Crippen LogP contribution in [-0.2, 0) is 13.0 Å². The van der Waals surface area contributed by atoms with Crippen molar-refractivity contribution in [2.45, 2.75) is 45.6 Å². The Bertz CT molecular complexity index is 989. The van der Waals surface area contributed by atoms with E-state index in [9.17, 15) is 4.79 Å². The molecule has 0 bridgehead atoms. The predicted molar refractivity (Wildman–Crippen MR) is 110 cm³/mol. The molecule has 2 fully saturated rings. The number of piperidine rings is 1. The van der Waals surface area contributed by atoms with Crippen LogP contribution >= 0.6 is 0 Å². The maximum atomic E-state index is 12.9. The molecule has 3 heterocycles. The average Bonchev–Trinajstić information content (AvgIpc) is 3.31. The number of carbonyl (C=O) groups is 1. The Morgan fingerprint density at radius 1 is 1.14 bits per heavy atom. The van der Waals surface area contributed by atoms with Gasteiger partial charge in [0.15, 0.2) is 0 Å². The van der Waals surface area contributed by atoms with Crippen LogP contribution in [0, 0.1) is 18.8 Å². The van der Waals surface area contributed by atoms with Gasteiger partial charge in [0.1, 0.15) is 5.82 Å². The molecule has 1 saturated carbocycles. The first kappa shape index (κ1) is 17.5. The minimum absolute atomic E-state index is 0.160. The van der Waals surface area contributed by atoms with Crippen molar-refractivity contribution in [2.75, 3.05) is 13.1 Å². The number of imidazole rings is 1. The third kappa shape index (κ3) is 3.46. The zero-order valence-electron chi connectivity index (χ0n) is 16.5. The van der Waals surface area contributed by atoms with Gasteiger partial charge in [-0.05, 0) is 68.7 Å². The van der Waals surface area contributed by atoms with E-state index in [1.165, 1.54) is 24.4 Å². The molecule has 5 rings (SSSR count). The third-order valence-electron chi connectivity index (χ3n) is 6.45. The summed E-state index contributed by atoms with van der Waals surface area (Å²) in [5.41, 5.74) is 3.16. The smallest absolute Gasteiger partial charge is 0.253 e. The van der Waals surface area contributed by atoms with E-state index < -0.39 is 0 Å². The lowest BCUT2D eigenvalue weighted by molar-refractivity contribution is 0.0689.